The highest BCUT2D eigenvalue weighted by Crippen LogP contribution is 2.31. The molecule has 0 bridgehead atoms. The first-order valence-corrected chi connectivity index (χ1v) is 15.2. The van der Waals surface area contributed by atoms with E-state index in [0.717, 1.165) is 49.1 Å². The second-order valence-corrected chi connectivity index (χ2v) is 12.3. The van der Waals surface area contributed by atoms with Crippen LogP contribution in [0.25, 0.3) is 15.9 Å². The van der Waals surface area contributed by atoms with Gasteiger partial charge in [0.25, 0.3) is 5.91 Å². The van der Waals surface area contributed by atoms with E-state index in [1.54, 1.807) is 11.0 Å². The summed E-state index contributed by atoms with van der Waals surface area (Å²) in [5, 5.41) is 1.37. The summed E-state index contributed by atoms with van der Waals surface area (Å²) in [7, 11) is -1.79. The lowest BCUT2D eigenvalue weighted by molar-refractivity contribution is -0.122. The van der Waals surface area contributed by atoms with Gasteiger partial charge >= 0.3 is 0 Å². The third kappa shape index (κ3) is 6.97. The number of unbranched alkanes of at least 4 members (excludes halogenated alkanes) is 3. The molecule has 0 saturated carbocycles. The number of carbonyl (C=O) groups is 2. The van der Waals surface area contributed by atoms with Crippen LogP contribution in [0.5, 0.6) is 0 Å². The van der Waals surface area contributed by atoms with Crippen LogP contribution < -0.4 is 4.72 Å². The predicted octanol–water partition coefficient (Wildman–Crippen LogP) is 4.66. The standard InChI is InChI=1S/C28H32ClN5O4S/c1-30-22-16-23-25(28(36)34-14-13-20(18-34)27(35)32-39(3,37)38)24(33(2)26(23)31-17-22)12-7-5-4-6-9-19-10-8-11-21(29)15-19/h8,10-11,15-17,20H,4-7,9,12-14,18H2,2-3H3,(H,32,35)/t20-/m0/s1. The molecule has 3 heterocycles. The number of nitrogens with zero attached hydrogens (tertiary/aromatic N) is 4. The van der Waals surface area contributed by atoms with Gasteiger partial charge in [-0.15, -0.1) is 0 Å². The van der Waals surface area contributed by atoms with Crippen LogP contribution in [0.4, 0.5) is 5.69 Å². The van der Waals surface area contributed by atoms with E-state index in [1.807, 2.05) is 34.5 Å². The molecule has 4 rings (SSSR count). The Kier molecular flexibility index (Phi) is 8.93. The monoisotopic (exact) mass is 569 g/mol. The minimum Gasteiger partial charge on any atom is -0.338 e. The first kappa shape index (κ1) is 28.6. The number of rotatable bonds is 10. The molecule has 1 fully saturated rings. The van der Waals surface area contributed by atoms with Crippen LogP contribution in [0.2, 0.25) is 5.02 Å². The number of pyridine rings is 1. The van der Waals surface area contributed by atoms with Crippen molar-refractivity contribution in [1.82, 2.24) is 19.2 Å². The largest absolute Gasteiger partial charge is 0.338 e. The van der Waals surface area contributed by atoms with Gasteiger partial charge in [-0.3, -0.25) is 14.3 Å². The van der Waals surface area contributed by atoms with Crippen molar-refractivity contribution in [2.24, 2.45) is 13.0 Å². The number of carbonyl (C=O) groups excluding carboxylic acids is 2. The number of nitrogens with one attached hydrogen (secondary N) is 1. The van der Waals surface area contributed by atoms with Crippen molar-refractivity contribution < 1.29 is 18.0 Å². The quantitative estimate of drug-likeness (QED) is 0.282. The highest BCUT2D eigenvalue weighted by atomic mass is 35.5. The summed E-state index contributed by atoms with van der Waals surface area (Å²) >= 11 is 6.08. The third-order valence-corrected chi connectivity index (χ3v) is 7.93. The first-order valence-electron chi connectivity index (χ1n) is 13.0. The second-order valence-electron chi connectivity index (χ2n) is 10.1. The van der Waals surface area contributed by atoms with Crippen molar-refractivity contribution in [1.29, 1.82) is 0 Å². The molecule has 2 aromatic heterocycles. The zero-order valence-corrected chi connectivity index (χ0v) is 23.7. The van der Waals surface area contributed by atoms with Gasteiger partial charge in [0.1, 0.15) is 5.65 Å². The maximum atomic E-state index is 13.8. The van der Waals surface area contributed by atoms with Crippen LogP contribution in [-0.2, 0) is 34.7 Å². The molecule has 0 unspecified atom stereocenters. The van der Waals surface area contributed by atoms with Gasteiger partial charge in [0.05, 0.1) is 24.3 Å². The van der Waals surface area contributed by atoms with E-state index in [1.165, 1.54) is 11.8 Å². The van der Waals surface area contributed by atoms with E-state index in [0.29, 0.717) is 41.7 Å². The number of halogens is 1. The molecule has 1 saturated heterocycles. The lowest BCUT2D eigenvalue weighted by atomic mass is 10.0. The molecule has 206 valence electrons. The second kappa shape index (κ2) is 12.2. The van der Waals surface area contributed by atoms with Crippen molar-refractivity contribution >= 4 is 50.2 Å². The molecule has 1 atom stereocenters. The number of amides is 2. The summed E-state index contributed by atoms with van der Waals surface area (Å²) in [6, 6.07) is 9.60. The van der Waals surface area contributed by atoms with Crippen molar-refractivity contribution in [3.63, 3.8) is 0 Å². The molecule has 0 aliphatic carbocycles. The van der Waals surface area contributed by atoms with Crippen LogP contribution in [0.15, 0.2) is 36.5 Å². The van der Waals surface area contributed by atoms with E-state index < -0.39 is 21.8 Å². The fourth-order valence-corrected chi connectivity index (χ4v) is 5.94. The Bertz CT molecular complexity index is 1540. The molecule has 1 N–H and O–H groups in total. The van der Waals surface area contributed by atoms with Crippen LogP contribution in [-0.4, -0.2) is 54.0 Å². The van der Waals surface area contributed by atoms with Gasteiger partial charge in [-0.25, -0.2) is 18.2 Å². The molecule has 1 aliphatic rings. The molecule has 1 aliphatic heterocycles. The Morgan fingerprint density at radius 2 is 1.92 bits per heavy atom. The molecule has 0 radical (unpaired) electrons. The fourth-order valence-electron chi connectivity index (χ4n) is 5.19. The van der Waals surface area contributed by atoms with Crippen LogP contribution in [0.1, 0.15) is 53.7 Å². The van der Waals surface area contributed by atoms with Gasteiger partial charge < -0.3 is 9.47 Å². The van der Waals surface area contributed by atoms with Crippen LogP contribution >= 0.6 is 11.6 Å². The number of fused-ring (bicyclic) bond motifs is 1. The fraction of sp³-hybridized carbons (Fsp3) is 0.429. The first-order chi connectivity index (χ1) is 18.6. The minimum absolute atomic E-state index is 0.134. The Morgan fingerprint density at radius 1 is 1.18 bits per heavy atom. The van der Waals surface area contributed by atoms with Gasteiger partial charge in [0.2, 0.25) is 21.6 Å². The topological polar surface area (TPSA) is 106 Å². The maximum Gasteiger partial charge on any atom is 0.256 e. The molecular formula is C28H32ClN5O4S. The summed E-state index contributed by atoms with van der Waals surface area (Å²) in [6.45, 7) is 7.88. The third-order valence-electron chi connectivity index (χ3n) is 7.13. The van der Waals surface area contributed by atoms with Crippen molar-refractivity contribution in [2.45, 2.75) is 44.9 Å². The summed E-state index contributed by atoms with van der Waals surface area (Å²) in [4.78, 5) is 35.7. The SMILES string of the molecule is [C-]#[N+]c1cnc2c(c1)c(C(=O)N1CC[C@H](C(=O)NS(C)(=O)=O)C1)c(CCCCCCc1cccc(Cl)c1)n2C. The van der Waals surface area contributed by atoms with E-state index in [4.69, 9.17) is 18.2 Å². The Labute approximate surface area is 234 Å². The molecule has 1 aromatic carbocycles. The maximum absolute atomic E-state index is 13.8. The number of sulfonamides is 1. The molecule has 2 amide bonds. The average Bonchev–Trinajstić information content (AvgIpc) is 3.48. The summed E-state index contributed by atoms with van der Waals surface area (Å²) in [5.41, 5.74) is 3.56. The average molecular weight is 570 g/mol. The lowest BCUT2D eigenvalue weighted by Gasteiger charge is -2.18. The molecule has 0 spiro atoms. The minimum atomic E-state index is -3.67. The molecule has 3 aromatic rings. The van der Waals surface area contributed by atoms with Crippen molar-refractivity contribution in [3.05, 3.63) is 69.8 Å². The van der Waals surface area contributed by atoms with E-state index >= 15 is 0 Å². The zero-order valence-electron chi connectivity index (χ0n) is 22.1. The van der Waals surface area contributed by atoms with Crippen LogP contribution in [0.3, 0.4) is 0 Å². The summed E-state index contributed by atoms with van der Waals surface area (Å²) in [6.07, 6.45) is 8.42. The number of aryl methyl sites for hydroxylation is 2. The highest BCUT2D eigenvalue weighted by Gasteiger charge is 2.35. The zero-order chi connectivity index (χ0) is 28.2. The van der Waals surface area contributed by atoms with E-state index in [2.05, 4.69) is 15.9 Å². The van der Waals surface area contributed by atoms with E-state index in [-0.39, 0.29) is 12.5 Å². The van der Waals surface area contributed by atoms with Crippen LogP contribution in [0, 0.1) is 12.5 Å². The smallest absolute Gasteiger partial charge is 0.256 e. The van der Waals surface area contributed by atoms with Gasteiger partial charge in [-0.2, -0.15) is 0 Å². The number of hydrogen-bond acceptors (Lipinski definition) is 5. The normalized spacial score (nSPS) is 15.4. The summed E-state index contributed by atoms with van der Waals surface area (Å²) in [5.74, 6) is -1.42. The summed E-state index contributed by atoms with van der Waals surface area (Å²) < 4.78 is 26.9. The molecule has 9 nitrogen and oxygen atoms in total. The highest BCUT2D eigenvalue weighted by molar-refractivity contribution is 7.89. The van der Waals surface area contributed by atoms with Gasteiger partial charge in [0.15, 0.2) is 0 Å². The van der Waals surface area contributed by atoms with Gasteiger partial charge in [-0.1, -0.05) is 36.6 Å². The number of likely N-dealkylation sites (tertiary alicyclic amines) is 1. The Morgan fingerprint density at radius 3 is 2.62 bits per heavy atom. The Hall–Kier alpha value is -3.42. The molecular weight excluding hydrogens is 538 g/mol. The van der Waals surface area contributed by atoms with Gasteiger partial charge in [-0.05, 0) is 55.9 Å². The predicted molar refractivity (Wildman–Crippen MR) is 151 cm³/mol. The van der Waals surface area contributed by atoms with Gasteiger partial charge in [0, 0.05) is 42.4 Å². The van der Waals surface area contributed by atoms with Crippen molar-refractivity contribution in [3.8, 4) is 0 Å². The van der Waals surface area contributed by atoms with Crippen molar-refractivity contribution in [2.75, 3.05) is 19.3 Å². The number of benzene rings is 1. The lowest BCUT2D eigenvalue weighted by Crippen LogP contribution is -2.37. The molecule has 39 heavy (non-hydrogen) atoms. The number of aromatic nitrogens is 2. The molecule has 11 heteroatoms. The number of hydrogen-bond donors (Lipinski definition) is 1. The van der Waals surface area contributed by atoms with E-state index in [9.17, 15) is 18.0 Å². The Balaban J connectivity index is 1.48.